The number of alkyl halides is 6. The van der Waals surface area contributed by atoms with E-state index in [2.05, 4.69) is 19.6 Å². The zero-order chi connectivity index (χ0) is 27.1. The van der Waals surface area contributed by atoms with E-state index in [1.165, 1.54) is 5.57 Å². The van der Waals surface area contributed by atoms with Crippen molar-refractivity contribution in [1.82, 2.24) is 0 Å². The van der Waals surface area contributed by atoms with Crippen LogP contribution in [0.15, 0.2) is 35.5 Å². The Kier molecular flexibility index (Phi) is 8.48. The Morgan fingerprint density at radius 1 is 1.08 bits per heavy atom. The molecule has 0 saturated heterocycles. The molecule has 9 heteroatoms. The zero-order valence-corrected chi connectivity index (χ0v) is 20.9. The second-order valence-corrected chi connectivity index (χ2v) is 11.4. The molecule has 3 nitrogen and oxygen atoms in total. The van der Waals surface area contributed by atoms with Gasteiger partial charge in [-0.2, -0.15) is 26.3 Å². The number of halogens is 6. The molecule has 3 rings (SSSR count). The van der Waals surface area contributed by atoms with Crippen molar-refractivity contribution in [2.24, 2.45) is 23.2 Å². The maximum atomic E-state index is 13.0. The quantitative estimate of drug-likeness (QED) is 0.336. The number of rotatable bonds is 6. The normalized spacial score (nSPS) is 35.4. The maximum absolute atomic E-state index is 13.0. The summed E-state index contributed by atoms with van der Waals surface area (Å²) < 4.78 is 78.1. The summed E-state index contributed by atoms with van der Waals surface area (Å²) >= 11 is 0. The highest BCUT2D eigenvalue weighted by Crippen LogP contribution is 2.60. The molecule has 0 aliphatic heterocycles. The van der Waals surface area contributed by atoms with E-state index in [1.807, 2.05) is 13.0 Å². The Labute approximate surface area is 209 Å². The van der Waals surface area contributed by atoms with Gasteiger partial charge in [0, 0.05) is 6.42 Å². The van der Waals surface area contributed by atoms with Gasteiger partial charge in [0.25, 0.3) is 5.60 Å². The van der Waals surface area contributed by atoms with Crippen molar-refractivity contribution in [3.05, 3.63) is 35.5 Å². The van der Waals surface area contributed by atoms with E-state index in [0.29, 0.717) is 12.0 Å². The smallest absolute Gasteiger partial charge is 0.393 e. The van der Waals surface area contributed by atoms with Gasteiger partial charge in [-0.1, -0.05) is 44.6 Å². The Bertz CT molecular complexity index is 860. The number of aliphatic hydroxyl groups is 3. The fourth-order valence-electron chi connectivity index (χ4n) is 7.00. The van der Waals surface area contributed by atoms with E-state index < -0.39 is 36.6 Å². The summed E-state index contributed by atoms with van der Waals surface area (Å²) in [7, 11) is 0. The van der Waals surface area contributed by atoms with E-state index >= 15 is 0 Å². The molecule has 3 saturated carbocycles. The molecule has 0 aromatic carbocycles. The molecule has 2 unspecified atom stereocenters. The lowest BCUT2D eigenvalue weighted by atomic mass is 9.60. The van der Waals surface area contributed by atoms with Crippen molar-refractivity contribution in [3.8, 4) is 0 Å². The van der Waals surface area contributed by atoms with Crippen LogP contribution in [0.1, 0.15) is 78.1 Å². The number of fused-ring (bicyclic) bond motifs is 1. The molecular formula is C27H38F6O3. The first-order valence-corrected chi connectivity index (χ1v) is 12.8. The number of hydrogen-bond acceptors (Lipinski definition) is 3. The minimum absolute atomic E-state index is 0.0770. The molecule has 6 atom stereocenters. The van der Waals surface area contributed by atoms with Crippen molar-refractivity contribution in [2.45, 2.75) is 108 Å². The van der Waals surface area contributed by atoms with E-state index in [4.69, 9.17) is 0 Å². The predicted octanol–water partition coefficient (Wildman–Crippen LogP) is 6.79. The number of aliphatic hydroxyl groups excluding tert-OH is 2. The molecule has 3 aliphatic rings. The van der Waals surface area contributed by atoms with E-state index in [0.717, 1.165) is 37.7 Å². The van der Waals surface area contributed by atoms with Gasteiger partial charge in [0.05, 0.1) is 12.2 Å². The molecule has 0 amide bonds. The van der Waals surface area contributed by atoms with Gasteiger partial charge in [-0.25, -0.2) is 0 Å². The summed E-state index contributed by atoms with van der Waals surface area (Å²) in [5.74, 6) is 0.355. The third-order valence-corrected chi connectivity index (χ3v) is 9.12. The van der Waals surface area contributed by atoms with Crippen molar-refractivity contribution in [1.29, 1.82) is 0 Å². The predicted molar refractivity (Wildman–Crippen MR) is 125 cm³/mol. The van der Waals surface area contributed by atoms with Gasteiger partial charge in [-0.15, -0.1) is 0 Å². The third-order valence-electron chi connectivity index (χ3n) is 9.12. The van der Waals surface area contributed by atoms with Crippen LogP contribution in [0.4, 0.5) is 26.3 Å². The zero-order valence-electron chi connectivity index (χ0n) is 20.9. The molecule has 3 N–H and O–H groups in total. The first-order chi connectivity index (χ1) is 16.5. The van der Waals surface area contributed by atoms with Gasteiger partial charge >= 0.3 is 12.4 Å². The van der Waals surface area contributed by atoms with Crippen molar-refractivity contribution >= 4 is 0 Å². The van der Waals surface area contributed by atoms with Crippen molar-refractivity contribution in [3.63, 3.8) is 0 Å². The van der Waals surface area contributed by atoms with Gasteiger partial charge in [-0.3, -0.25) is 0 Å². The van der Waals surface area contributed by atoms with Crippen molar-refractivity contribution in [2.75, 3.05) is 0 Å². The van der Waals surface area contributed by atoms with Crippen molar-refractivity contribution < 1.29 is 41.7 Å². The molecule has 3 fully saturated rings. The first-order valence-electron chi connectivity index (χ1n) is 12.8. The minimum atomic E-state index is -5.77. The lowest BCUT2D eigenvalue weighted by Gasteiger charge is -2.44. The van der Waals surface area contributed by atoms with Crippen LogP contribution in [0.25, 0.3) is 0 Å². The van der Waals surface area contributed by atoms with Crippen LogP contribution in [0, 0.1) is 23.2 Å². The van der Waals surface area contributed by atoms with Gasteiger partial charge in [-0.05, 0) is 85.7 Å². The molecule has 0 radical (unpaired) electrons. The molecule has 0 aromatic rings. The van der Waals surface area contributed by atoms with E-state index in [-0.39, 0.29) is 42.4 Å². The minimum Gasteiger partial charge on any atom is -0.393 e. The highest BCUT2D eigenvalue weighted by atomic mass is 19.4. The lowest BCUT2D eigenvalue weighted by Crippen LogP contribution is -2.56. The Hall–Kier alpha value is -1.32. The number of allylic oxidation sites excluding steroid dienone is 3. The molecule has 36 heavy (non-hydrogen) atoms. The first kappa shape index (κ1) is 29.2. The Morgan fingerprint density at radius 2 is 1.72 bits per heavy atom. The summed E-state index contributed by atoms with van der Waals surface area (Å²) in [6, 6.07) is 0. The van der Waals surface area contributed by atoms with Gasteiger partial charge in [0.15, 0.2) is 0 Å². The SMILES string of the molecule is C=C1/C(=C\C=C2CCC[C@@]3(C)C2CC[C@@H]3[C@H](C)CCCC(O)(C(F)(F)F)C(F)(F)F)C[C@@H](O)CC1O. The van der Waals surface area contributed by atoms with E-state index in [9.17, 15) is 41.7 Å². The summed E-state index contributed by atoms with van der Waals surface area (Å²) in [5.41, 5.74) is -2.08. The fraction of sp³-hybridized carbons (Fsp3) is 0.778. The van der Waals surface area contributed by atoms with Gasteiger partial charge < -0.3 is 15.3 Å². The summed E-state index contributed by atoms with van der Waals surface area (Å²) in [6.45, 7) is 8.03. The summed E-state index contributed by atoms with van der Waals surface area (Å²) in [4.78, 5) is 0. The highest BCUT2D eigenvalue weighted by molar-refractivity contribution is 5.38. The van der Waals surface area contributed by atoms with Crippen LogP contribution in [0.3, 0.4) is 0 Å². The monoisotopic (exact) mass is 524 g/mol. The topological polar surface area (TPSA) is 60.7 Å². The molecule has 0 heterocycles. The van der Waals surface area contributed by atoms with Crippen LogP contribution < -0.4 is 0 Å². The second kappa shape index (κ2) is 10.4. The van der Waals surface area contributed by atoms with Gasteiger partial charge in [0.1, 0.15) is 0 Å². The standard InChI is InChI=1S/C27H38F6O3/c1-16(6-4-13-25(36,26(28,29)30)27(31,32)33)21-10-11-22-18(7-5-12-24(21,22)3)8-9-19-14-20(34)15-23(35)17(19)2/h8-9,16,20-23,34-36H,2,4-7,10-15H2,1,3H3/b18-8?,19-9-/t16-,20-,21-,22?,23?,24-/m1/s1. The average Bonchev–Trinajstić information content (AvgIpc) is 3.11. The molecule has 3 aliphatic carbocycles. The largest absolute Gasteiger partial charge is 0.426 e. The molecular weight excluding hydrogens is 486 g/mol. The lowest BCUT2D eigenvalue weighted by molar-refractivity contribution is -0.370. The van der Waals surface area contributed by atoms with E-state index in [1.54, 1.807) is 0 Å². The van der Waals surface area contributed by atoms with Gasteiger partial charge in [0.2, 0.25) is 0 Å². The van der Waals surface area contributed by atoms with Crippen LogP contribution in [0.2, 0.25) is 0 Å². The maximum Gasteiger partial charge on any atom is 0.426 e. The molecule has 0 aromatic heterocycles. The van der Waals surface area contributed by atoms with Crippen LogP contribution in [0.5, 0.6) is 0 Å². The Morgan fingerprint density at radius 3 is 2.33 bits per heavy atom. The average molecular weight is 525 g/mol. The van der Waals surface area contributed by atoms with Crippen LogP contribution >= 0.6 is 0 Å². The summed E-state index contributed by atoms with van der Waals surface area (Å²) in [6.07, 6.45) is -5.24. The van der Waals surface area contributed by atoms with Crippen LogP contribution in [-0.2, 0) is 0 Å². The highest BCUT2D eigenvalue weighted by Gasteiger charge is 2.69. The number of hydrogen-bond donors (Lipinski definition) is 3. The Balaban J connectivity index is 1.69. The third kappa shape index (κ3) is 5.58. The fourth-order valence-corrected chi connectivity index (χ4v) is 7.00. The summed E-state index contributed by atoms with van der Waals surface area (Å²) in [5, 5.41) is 29.5. The molecule has 0 spiro atoms. The molecule has 206 valence electrons. The molecule has 0 bridgehead atoms. The second-order valence-electron chi connectivity index (χ2n) is 11.4. The van der Waals surface area contributed by atoms with Crippen LogP contribution in [-0.4, -0.2) is 45.5 Å².